The lowest BCUT2D eigenvalue weighted by molar-refractivity contribution is -0.197. The fourth-order valence-electron chi connectivity index (χ4n) is 5.07. The Morgan fingerprint density at radius 2 is 1.59 bits per heavy atom. The summed E-state index contributed by atoms with van der Waals surface area (Å²) in [5, 5.41) is 11.2. The molecule has 0 saturated carbocycles. The molecule has 3 aromatic rings. The van der Waals surface area contributed by atoms with Crippen molar-refractivity contribution in [3.05, 3.63) is 96.1 Å². The molecular weight excluding hydrogens is 472 g/mol. The number of aliphatic carboxylic acids is 1. The van der Waals surface area contributed by atoms with Gasteiger partial charge in [-0.15, -0.1) is 0 Å². The zero-order chi connectivity index (χ0) is 25.9. The number of hydrogen-bond acceptors (Lipinski definition) is 6. The van der Waals surface area contributed by atoms with E-state index in [0.29, 0.717) is 18.0 Å². The summed E-state index contributed by atoms with van der Waals surface area (Å²) in [6.45, 7) is 2.59. The highest BCUT2D eigenvalue weighted by Gasteiger charge is 2.61. The first kappa shape index (κ1) is 24.7. The number of imide groups is 1. The van der Waals surface area contributed by atoms with Gasteiger partial charge < -0.3 is 9.84 Å². The molecule has 0 radical (unpaired) electrons. The van der Waals surface area contributed by atoms with Gasteiger partial charge in [0, 0.05) is 0 Å². The summed E-state index contributed by atoms with van der Waals surface area (Å²) < 4.78 is 5.62. The highest BCUT2D eigenvalue weighted by atomic mass is 16.7. The molecule has 0 aliphatic carbocycles. The number of benzene rings is 3. The third kappa shape index (κ3) is 4.73. The number of fused-ring (bicyclic) bond motifs is 1. The second-order valence-corrected chi connectivity index (χ2v) is 9.15. The molecule has 2 saturated heterocycles. The fraction of sp³-hybridized carbons (Fsp3) is 0.276. The van der Waals surface area contributed by atoms with Crippen LogP contribution in [-0.4, -0.2) is 40.7 Å². The van der Waals surface area contributed by atoms with Gasteiger partial charge in [-0.25, -0.2) is 4.90 Å². The number of hydroxylamine groups is 2. The van der Waals surface area contributed by atoms with Crippen LogP contribution in [0.25, 0.3) is 0 Å². The number of carboxylic acid groups (broad SMARTS) is 1. The van der Waals surface area contributed by atoms with E-state index in [1.165, 1.54) is 4.90 Å². The van der Waals surface area contributed by atoms with Crippen molar-refractivity contribution in [2.24, 2.45) is 5.92 Å². The summed E-state index contributed by atoms with van der Waals surface area (Å²) in [7, 11) is 0. The Balaban J connectivity index is 1.51. The fourth-order valence-corrected chi connectivity index (χ4v) is 5.07. The standard InChI is InChI=1S/C29H28N2O6/c1-2-17-36-22-15-13-21(14-16-22)30-28(34)25-26(20-11-7-4-8-12-20)31(37-27(25)29(30)35)23(18-24(32)33)19-9-5-3-6-10-19/h3-16,23,25-27H,2,17-18H2,1H3,(H,32,33)/t23-,25-,26+,27-/m1/s1. The highest BCUT2D eigenvalue weighted by Crippen LogP contribution is 2.49. The van der Waals surface area contributed by atoms with E-state index >= 15 is 0 Å². The predicted octanol–water partition coefficient (Wildman–Crippen LogP) is 4.54. The Kier molecular flexibility index (Phi) is 7.03. The largest absolute Gasteiger partial charge is 0.494 e. The van der Waals surface area contributed by atoms with E-state index in [9.17, 15) is 19.5 Å². The Labute approximate surface area is 215 Å². The van der Waals surface area contributed by atoms with Crippen molar-refractivity contribution in [1.29, 1.82) is 0 Å². The normalized spacial score (nSPS) is 22.2. The molecule has 0 aromatic heterocycles. The number of amides is 2. The molecular formula is C29H28N2O6. The third-order valence-corrected chi connectivity index (χ3v) is 6.71. The average molecular weight is 501 g/mol. The highest BCUT2D eigenvalue weighted by molar-refractivity contribution is 6.23. The molecule has 0 unspecified atom stereocenters. The predicted molar refractivity (Wildman–Crippen MR) is 136 cm³/mol. The third-order valence-electron chi connectivity index (χ3n) is 6.71. The number of carbonyl (C=O) groups is 3. The smallest absolute Gasteiger partial charge is 0.305 e. The van der Waals surface area contributed by atoms with E-state index < -0.39 is 36.0 Å². The van der Waals surface area contributed by atoms with Gasteiger partial charge in [0.1, 0.15) is 5.75 Å². The zero-order valence-electron chi connectivity index (χ0n) is 20.4. The van der Waals surface area contributed by atoms with E-state index in [0.717, 1.165) is 17.5 Å². The van der Waals surface area contributed by atoms with Crippen LogP contribution in [0.1, 0.15) is 43.0 Å². The molecule has 0 bridgehead atoms. The van der Waals surface area contributed by atoms with Crippen LogP contribution in [0.3, 0.4) is 0 Å². The molecule has 2 aliphatic heterocycles. The number of carboxylic acids is 1. The minimum atomic E-state index is -1.06. The van der Waals surface area contributed by atoms with Gasteiger partial charge in [0.15, 0.2) is 6.10 Å². The van der Waals surface area contributed by atoms with Crippen LogP contribution in [0, 0.1) is 5.92 Å². The van der Waals surface area contributed by atoms with Crippen molar-refractivity contribution in [3.63, 3.8) is 0 Å². The monoisotopic (exact) mass is 500 g/mol. The zero-order valence-corrected chi connectivity index (χ0v) is 20.4. The van der Waals surface area contributed by atoms with Gasteiger partial charge in [0.05, 0.1) is 36.7 Å². The van der Waals surface area contributed by atoms with Crippen molar-refractivity contribution >= 4 is 23.5 Å². The molecule has 2 amide bonds. The Hall–Kier alpha value is -4.01. The van der Waals surface area contributed by atoms with Gasteiger partial charge in [0.25, 0.3) is 5.91 Å². The van der Waals surface area contributed by atoms with E-state index in [1.807, 2.05) is 67.6 Å². The van der Waals surface area contributed by atoms with Crippen LogP contribution in [0.15, 0.2) is 84.9 Å². The van der Waals surface area contributed by atoms with E-state index in [4.69, 9.17) is 9.57 Å². The lowest BCUT2D eigenvalue weighted by atomic mass is 9.89. The van der Waals surface area contributed by atoms with E-state index in [2.05, 4.69) is 0 Å². The van der Waals surface area contributed by atoms with Gasteiger partial charge in [-0.2, -0.15) is 5.06 Å². The number of ether oxygens (including phenoxy) is 1. The van der Waals surface area contributed by atoms with Crippen LogP contribution >= 0.6 is 0 Å². The molecule has 37 heavy (non-hydrogen) atoms. The van der Waals surface area contributed by atoms with Crippen molar-refractivity contribution in [1.82, 2.24) is 5.06 Å². The van der Waals surface area contributed by atoms with Gasteiger partial charge in [-0.1, -0.05) is 67.6 Å². The van der Waals surface area contributed by atoms with Crippen molar-refractivity contribution in [3.8, 4) is 5.75 Å². The summed E-state index contributed by atoms with van der Waals surface area (Å²) in [5.41, 5.74) is 1.94. The summed E-state index contributed by atoms with van der Waals surface area (Å²) in [6.07, 6.45) is -0.443. The average Bonchev–Trinajstić information content (AvgIpc) is 3.42. The molecule has 1 N–H and O–H groups in total. The molecule has 5 rings (SSSR count). The van der Waals surface area contributed by atoms with Gasteiger partial charge >= 0.3 is 5.97 Å². The number of carbonyl (C=O) groups excluding carboxylic acids is 2. The van der Waals surface area contributed by atoms with Crippen molar-refractivity contribution in [2.75, 3.05) is 11.5 Å². The maximum atomic E-state index is 13.8. The summed E-state index contributed by atoms with van der Waals surface area (Å²) in [5.74, 6) is -2.02. The lowest BCUT2D eigenvalue weighted by Crippen LogP contribution is -2.39. The first-order chi connectivity index (χ1) is 18.0. The van der Waals surface area contributed by atoms with Crippen molar-refractivity contribution < 1.29 is 29.1 Å². The van der Waals surface area contributed by atoms with Crippen LogP contribution < -0.4 is 9.64 Å². The van der Waals surface area contributed by atoms with Gasteiger partial charge in [-0.05, 0) is 41.8 Å². The SMILES string of the molecule is CCCOc1ccc(N2C(=O)[C@H]3[C@@H](ON([C@H](CC(=O)O)c4ccccc4)[C@H]3c3ccccc3)C2=O)cc1. The van der Waals surface area contributed by atoms with Crippen LogP contribution in [-0.2, 0) is 19.2 Å². The first-order valence-corrected chi connectivity index (χ1v) is 12.4. The van der Waals surface area contributed by atoms with Crippen LogP contribution in [0.2, 0.25) is 0 Å². The molecule has 8 nitrogen and oxygen atoms in total. The number of rotatable bonds is 9. The molecule has 3 aromatic carbocycles. The molecule has 8 heteroatoms. The van der Waals surface area contributed by atoms with Crippen LogP contribution in [0.5, 0.6) is 5.75 Å². The first-order valence-electron chi connectivity index (χ1n) is 12.4. The lowest BCUT2D eigenvalue weighted by Gasteiger charge is -2.33. The maximum absolute atomic E-state index is 13.8. The van der Waals surface area contributed by atoms with Crippen LogP contribution in [0.4, 0.5) is 5.69 Å². The summed E-state index contributed by atoms with van der Waals surface area (Å²) >= 11 is 0. The van der Waals surface area contributed by atoms with Gasteiger partial charge in [-0.3, -0.25) is 19.2 Å². The van der Waals surface area contributed by atoms with Gasteiger partial charge in [0.2, 0.25) is 5.91 Å². The van der Waals surface area contributed by atoms with E-state index in [-0.39, 0.29) is 12.3 Å². The molecule has 190 valence electrons. The quantitative estimate of drug-likeness (QED) is 0.431. The molecule has 2 aliphatic rings. The minimum Gasteiger partial charge on any atom is -0.494 e. The Morgan fingerprint density at radius 3 is 2.22 bits per heavy atom. The minimum absolute atomic E-state index is 0.252. The Morgan fingerprint density at radius 1 is 0.946 bits per heavy atom. The Bertz CT molecular complexity index is 1260. The summed E-state index contributed by atoms with van der Waals surface area (Å²) in [6, 6.07) is 23.9. The second kappa shape index (κ2) is 10.5. The molecule has 4 atom stereocenters. The van der Waals surface area contributed by atoms with Crippen molar-refractivity contribution in [2.45, 2.75) is 38.0 Å². The number of nitrogens with zero attached hydrogens (tertiary/aromatic N) is 2. The maximum Gasteiger partial charge on any atom is 0.305 e. The summed E-state index contributed by atoms with van der Waals surface area (Å²) in [4.78, 5) is 46.6. The molecule has 0 spiro atoms. The molecule has 2 heterocycles. The second-order valence-electron chi connectivity index (χ2n) is 9.15. The topological polar surface area (TPSA) is 96.4 Å². The number of anilines is 1. The molecule has 2 fully saturated rings. The number of hydrogen-bond donors (Lipinski definition) is 1. The van der Waals surface area contributed by atoms with E-state index in [1.54, 1.807) is 29.3 Å².